The van der Waals surface area contributed by atoms with Crippen molar-refractivity contribution in [1.82, 2.24) is 4.90 Å². The maximum atomic E-state index is 13.2. The summed E-state index contributed by atoms with van der Waals surface area (Å²) in [5.74, 6) is -7.11. The van der Waals surface area contributed by atoms with Crippen molar-refractivity contribution >= 4 is 29.8 Å². The summed E-state index contributed by atoms with van der Waals surface area (Å²) in [7, 11) is 1.91. The lowest BCUT2D eigenvalue weighted by Gasteiger charge is -2.61. The van der Waals surface area contributed by atoms with Gasteiger partial charge >= 0.3 is 29.8 Å². The zero-order valence-corrected chi connectivity index (χ0v) is 23.2. The molecule has 5 rings (SSSR count). The van der Waals surface area contributed by atoms with Gasteiger partial charge in [-0.3, -0.25) is 9.59 Å². The van der Waals surface area contributed by atoms with Gasteiger partial charge < -0.3 is 49.4 Å². The Bertz CT molecular complexity index is 1420. The number of nitrogens with zero attached hydrogens (tertiary/aromatic N) is 1. The van der Waals surface area contributed by atoms with Gasteiger partial charge in [-0.15, -0.1) is 0 Å². The Balaban J connectivity index is 1.40. The lowest BCUT2D eigenvalue weighted by molar-refractivity contribution is -0.180. The number of benzene rings is 1. The minimum atomic E-state index is -2.16. The number of aliphatic hydroxyl groups is 2. The Morgan fingerprint density at radius 2 is 1.81 bits per heavy atom. The van der Waals surface area contributed by atoms with Gasteiger partial charge in [0.15, 0.2) is 29.8 Å². The summed E-state index contributed by atoms with van der Waals surface area (Å²) < 4.78 is 21.4. The number of carbonyl (C=O) groups excluding carboxylic acids is 3. The minimum absolute atomic E-state index is 0.0000698. The third kappa shape index (κ3) is 4.86. The van der Waals surface area contributed by atoms with Crippen LogP contribution < -0.4 is 4.74 Å². The molecule has 43 heavy (non-hydrogen) atoms. The summed E-state index contributed by atoms with van der Waals surface area (Å²) in [4.78, 5) is 62.1. The highest BCUT2D eigenvalue weighted by atomic mass is 16.6. The van der Waals surface area contributed by atoms with E-state index in [4.69, 9.17) is 29.2 Å². The topological polar surface area (TPSA) is 227 Å². The van der Waals surface area contributed by atoms with E-state index in [0.717, 1.165) is 12.5 Å². The molecule has 5 N–H and O–H groups in total. The first-order valence-corrected chi connectivity index (χ1v) is 13.6. The highest BCUT2D eigenvalue weighted by molar-refractivity contribution is 5.87. The van der Waals surface area contributed by atoms with Gasteiger partial charge in [0.2, 0.25) is 6.10 Å². The molecule has 1 aromatic carbocycles. The normalized spacial score (nSPS) is 28.7. The molecule has 15 nitrogen and oxygen atoms in total. The minimum Gasteiger partial charge on any atom is -0.504 e. The summed E-state index contributed by atoms with van der Waals surface area (Å²) in [6.07, 6.45) is -6.44. The van der Waals surface area contributed by atoms with Gasteiger partial charge in [0.05, 0.1) is 23.9 Å². The zero-order valence-electron chi connectivity index (χ0n) is 23.2. The highest BCUT2D eigenvalue weighted by Crippen LogP contribution is 2.65. The van der Waals surface area contributed by atoms with E-state index in [2.05, 4.69) is 4.90 Å². The molecule has 7 atom stereocenters. The smallest absolute Gasteiger partial charge is 0.348 e. The Morgan fingerprint density at radius 1 is 1.09 bits per heavy atom. The summed E-state index contributed by atoms with van der Waals surface area (Å²) in [6.45, 7) is 1.60. The van der Waals surface area contributed by atoms with Crippen molar-refractivity contribution in [3.05, 3.63) is 35.1 Å². The molecule has 4 aliphatic rings. The fraction of sp³-hybridized carbons (Fsp3) is 0.536. The van der Waals surface area contributed by atoms with Crippen LogP contribution in [0.3, 0.4) is 0 Å². The van der Waals surface area contributed by atoms with Crippen LogP contribution in [0.15, 0.2) is 24.0 Å². The number of esters is 3. The Morgan fingerprint density at radius 3 is 2.49 bits per heavy atom. The van der Waals surface area contributed by atoms with Crippen LogP contribution >= 0.6 is 0 Å². The molecule has 2 aliphatic heterocycles. The second-order valence-electron chi connectivity index (χ2n) is 11.2. The first-order chi connectivity index (χ1) is 20.2. The average molecular weight is 606 g/mol. The Kier molecular flexibility index (Phi) is 7.61. The number of hydrogen-bond donors (Lipinski definition) is 5. The lowest BCUT2D eigenvalue weighted by atomic mass is 9.50. The molecule has 0 unspecified atom stereocenters. The predicted molar refractivity (Wildman–Crippen MR) is 139 cm³/mol. The van der Waals surface area contributed by atoms with E-state index in [1.165, 1.54) is 12.1 Å². The number of rotatable bonds is 10. The molecule has 1 fully saturated rings. The molecular formula is C28H31NO14. The largest absolute Gasteiger partial charge is 0.504 e. The number of carbonyl (C=O) groups is 5. The number of carboxylic acid groups (broad SMARTS) is 2. The molecule has 2 heterocycles. The van der Waals surface area contributed by atoms with Crippen LogP contribution in [0.4, 0.5) is 0 Å². The molecule has 2 bridgehead atoms. The van der Waals surface area contributed by atoms with Crippen LogP contribution in [-0.2, 0) is 50.0 Å². The number of aliphatic hydroxyl groups excluding tert-OH is 1. The molecule has 15 heteroatoms. The van der Waals surface area contributed by atoms with E-state index in [9.17, 15) is 39.3 Å². The summed E-state index contributed by atoms with van der Waals surface area (Å²) in [5.41, 5.74) is -0.854. The fourth-order valence-electron chi connectivity index (χ4n) is 6.69. The molecule has 1 spiro atoms. The maximum absolute atomic E-state index is 13.2. The van der Waals surface area contributed by atoms with Crippen LogP contribution in [0, 0.1) is 0 Å². The van der Waals surface area contributed by atoms with Gasteiger partial charge in [-0.25, -0.2) is 14.4 Å². The third-order valence-electron chi connectivity index (χ3n) is 8.76. The standard InChI is InChI=1S/C28H31NO14/c1-12(24(34)35)40-26(38)17(42-19(32)10-15(31)25(36)37)11-20(33)41-16-5-6-28(39)18-9-13-3-4-14(30)22-21(13)27(28,23(16)43-22)7-8-29(18)2/h3-5,12,15,17-18,23,30-31,39H,6-11H2,1-2H3,(H,34,35)(H,36,37)/t12-,15-,17-,18-,23-,27-,28+/m0/s1. The second kappa shape index (κ2) is 10.8. The highest BCUT2D eigenvalue weighted by Gasteiger charge is 2.72. The summed E-state index contributed by atoms with van der Waals surface area (Å²) >= 11 is 0. The number of phenols is 1. The quantitative estimate of drug-likeness (QED) is 0.165. The maximum Gasteiger partial charge on any atom is 0.348 e. The Hall–Kier alpha value is -4.21. The molecule has 232 valence electrons. The van der Waals surface area contributed by atoms with Crippen LogP contribution in [0.5, 0.6) is 11.5 Å². The number of ether oxygens (including phenoxy) is 4. The molecule has 0 amide bonds. The first kappa shape index (κ1) is 30.3. The van der Waals surface area contributed by atoms with Crippen molar-refractivity contribution < 1.29 is 68.5 Å². The van der Waals surface area contributed by atoms with Gasteiger partial charge in [0.25, 0.3) is 0 Å². The van der Waals surface area contributed by atoms with Crippen molar-refractivity contribution in [1.29, 1.82) is 0 Å². The number of likely N-dealkylation sites (tertiary alicyclic amines) is 1. The molecule has 1 aromatic rings. The molecule has 1 saturated heterocycles. The number of phenolic OH excluding ortho intramolecular Hbond substituents is 1. The molecule has 0 saturated carbocycles. The van der Waals surface area contributed by atoms with Crippen molar-refractivity contribution in [3.63, 3.8) is 0 Å². The van der Waals surface area contributed by atoms with E-state index in [1.54, 1.807) is 6.07 Å². The van der Waals surface area contributed by atoms with Crippen LogP contribution in [0.1, 0.15) is 43.7 Å². The SMILES string of the molecule is C[C@H](OC(=O)[C@H](CC(=O)OC1=CC[C@@]2(O)[C@@H]3Cc4ccc(O)c5c4[C@@]2(CCN3C)[C@H]1O5)OC(=O)C[C@H](O)C(=O)O)C(=O)O. The molecule has 2 aliphatic carbocycles. The summed E-state index contributed by atoms with van der Waals surface area (Å²) in [6, 6.07) is 2.99. The van der Waals surface area contributed by atoms with E-state index in [1.807, 2.05) is 7.05 Å². The fourth-order valence-corrected chi connectivity index (χ4v) is 6.69. The van der Waals surface area contributed by atoms with Gasteiger partial charge in [-0.2, -0.15) is 0 Å². The van der Waals surface area contributed by atoms with Crippen molar-refractivity contribution in [3.8, 4) is 11.5 Å². The number of aliphatic carboxylic acids is 2. The Labute approximate surface area is 244 Å². The first-order valence-electron chi connectivity index (χ1n) is 13.6. The van der Waals surface area contributed by atoms with E-state index < -0.39 is 78.1 Å². The van der Waals surface area contributed by atoms with E-state index in [0.29, 0.717) is 24.9 Å². The summed E-state index contributed by atoms with van der Waals surface area (Å²) in [5, 5.41) is 50.2. The number of carboxylic acids is 2. The van der Waals surface area contributed by atoms with Crippen LogP contribution in [0.2, 0.25) is 0 Å². The number of likely N-dealkylation sites (N-methyl/N-ethyl adjacent to an activating group) is 1. The lowest BCUT2D eigenvalue weighted by Crippen LogP contribution is -2.74. The van der Waals surface area contributed by atoms with E-state index in [-0.39, 0.29) is 29.7 Å². The van der Waals surface area contributed by atoms with Gasteiger partial charge in [-0.05, 0) is 51.1 Å². The monoisotopic (exact) mass is 605 g/mol. The average Bonchev–Trinajstić information content (AvgIpc) is 3.29. The number of piperidine rings is 1. The van der Waals surface area contributed by atoms with Gasteiger partial charge in [0.1, 0.15) is 5.76 Å². The number of aromatic hydroxyl groups is 1. The van der Waals surface area contributed by atoms with Crippen molar-refractivity contribution in [2.75, 3.05) is 13.6 Å². The zero-order chi connectivity index (χ0) is 31.4. The van der Waals surface area contributed by atoms with Crippen LogP contribution in [-0.4, -0.2) is 110 Å². The van der Waals surface area contributed by atoms with E-state index >= 15 is 0 Å². The second-order valence-corrected chi connectivity index (χ2v) is 11.2. The van der Waals surface area contributed by atoms with Crippen molar-refractivity contribution in [2.45, 2.75) is 80.5 Å². The van der Waals surface area contributed by atoms with Gasteiger partial charge in [-0.1, -0.05) is 6.07 Å². The van der Waals surface area contributed by atoms with Gasteiger partial charge in [0, 0.05) is 18.0 Å². The molecule has 0 radical (unpaired) electrons. The molecule has 0 aromatic heterocycles. The number of hydrogen-bond acceptors (Lipinski definition) is 13. The molecular weight excluding hydrogens is 574 g/mol. The van der Waals surface area contributed by atoms with Crippen molar-refractivity contribution in [2.24, 2.45) is 0 Å². The van der Waals surface area contributed by atoms with Crippen LogP contribution in [0.25, 0.3) is 0 Å². The predicted octanol–water partition coefficient (Wildman–Crippen LogP) is -0.633. The third-order valence-corrected chi connectivity index (χ3v) is 8.76.